The van der Waals surface area contributed by atoms with Crippen molar-refractivity contribution in [2.75, 3.05) is 59.5 Å². The van der Waals surface area contributed by atoms with Gasteiger partial charge in [-0.1, -0.05) is 24.3 Å². The second-order valence-electron chi connectivity index (χ2n) is 11.9. The Morgan fingerprint density at radius 3 is 2.50 bits per heavy atom. The van der Waals surface area contributed by atoms with Crippen molar-refractivity contribution in [2.45, 2.75) is 51.4 Å². The predicted molar refractivity (Wildman–Crippen MR) is 156 cm³/mol. The average molecular weight is 550 g/mol. The van der Waals surface area contributed by atoms with E-state index in [9.17, 15) is 4.79 Å². The normalized spacial score (nSPS) is 18.6. The highest BCUT2D eigenvalue weighted by Crippen LogP contribution is 2.31. The lowest BCUT2D eigenvalue weighted by atomic mass is 10.1. The van der Waals surface area contributed by atoms with Crippen molar-refractivity contribution in [2.24, 2.45) is 0 Å². The maximum Gasteiger partial charge on any atom is 0.410 e. The van der Waals surface area contributed by atoms with Gasteiger partial charge in [0.15, 0.2) is 0 Å². The number of ether oxygens (including phenoxy) is 3. The first-order chi connectivity index (χ1) is 19.2. The lowest BCUT2D eigenvalue weighted by Gasteiger charge is -2.35. The molecule has 0 radical (unpaired) electrons. The highest BCUT2D eigenvalue weighted by molar-refractivity contribution is 5.75. The van der Waals surface area contributed by atoms with E-state index >= 15 is 0 Å². The summed E-state index contributed by atoms with van der Waals surface area (Å²) >= 11 is 0. The van der Waals surface area contributed by atoms with Crippen LogP contribution in [0.15, 0.2) is 48.5 Å². The fraction of sp³-hybridized carbons (Fsp3) is 0.548. The van der Waals surface area contributed by atoms with Gasteiger partial charge in [-0.05, 0) is 70.5 Å². The molecule has 2 aliphatic heterocycles. The summed E-state index contributed by atoms with van der Waals surface area (Å²) in [6.07, 6.45) is 1.65. The van der Waals surface area contributed by atoms with Crippen LogP contribution in [0.25, 0.3) is 11.0 Å². The van der Waals surface area contributed by atoms with E-state index in [4.69, 9.17) is 19.2 Å². The van der Waals surface area contributed by atoms with Gasteiger partial charge in [0.1, 0.15) is 29.9 Å². The molecule has 3 heterocycles. The van der Waals surface area contributed by atoms with E-state index in [0.29, 0.717) is 19.7 Å². The first-order valence-corrected chi connectivity index (χ1v) is 14.5. The summed E-state index contributed by atoms with van der Waals surface area (Å²) < 4.78 is 18.4. The molecule has 0 bridgehead atoms. The van der Waals surface area contributed by atoms with Gasteiger partial charge in [-0.25, -0.2) is 9.78 Å². The summed E-state index contributed by atoms with van der Waals surface area (Å²) in [5.41, 5.74) is 2.50. The number of para-hydroxylation sites is 2. The van der Waals surface area contributed by atoms with Gasteiger partial charge in [0.05, 0.1) is 17.1 Å². The molecule has 5 rings (SSSR count). The van der Waals surface area contributed by atoms with Gasteiger partial charge in [0, 0.05) is 45.8 Å². The molecule has 2 fully saturated rings. The number of fused-ring (bicyclic) bond motifs is 1. The molecule has 3 aromatic rings. The number of hydrogen-bond donors (Lipinski definition) is 1. The molecule has 2 aliphatic rings. The van der Waals surface area contributed by atoms with Gasteiger partial charge in [-0.15, -0.1) is 0 Å². The second kappa shape index (κ2) is 12.6. The molecule has 1 aromatic heterocycles. The number of aromatic amines is 1. The van der Waals surface area contributed by atoms with Crippen molar-refractivity contribution >= 4 is 17.1 Å². The van der Waals surface area contributed by atoms with Crippen LogP contribution in [0.5, 0.6) is 5.75 Å². The van der Waals surface area contributed by atoms with Gasteiger partial charge >= 0.3 is 6.09 Å². The number of carbonyl (C=O) groups is 1. The molecule has 9 nitrogen and oxygen atoms in total. The number of hydrogen-bond acceptors (Lipinski definition) is 7. The highest BCUT2D eigenvalue weighted by atomic mass is 16.6. The Bertz CT molecular complexity index is 1220. The Hall–Kier alpha value is -3.14. The molecule has 0 aliphatic carbocycles. The first-order valence-electron chi connectivity index (χ1n) is 14.5. The van der Waals surface area contributed by atoms with Gasteiger partial charge < -0.3 is 29.0 Å². The number of nitrogens with zero attached hydrogens (tertiary/aromatic N) is 4. The highest BCUT2D eigenvalue weighted by Gasteiger charge is 2.27. The number of piperidine rings is 1. The molecule has 1 amide bonds. The summed E-state index contributed by atoms with van der Waals surface area (Å²) in [6.45, 7) is 12.1. The molecule has 1 unspecified atom stereocenters. The number of rotatable bonds is 8. The number of aromatic nitrogens is 2. The third-order valence-corrected chi connectivity index (χ3v) is 7.51. The van der Waals surface area contributed by atoms with Crippen molar-refractivity contribution in [3.8, 4) is 5.75 Å². The molecule has 2 saturated heterocycles. The quantitative estimate of drug-likeness (QED) is 0.436. The molecular formula is C31H43N5O4. The number of carbonyl (C=O) groups excluding carboxylic acids is 1. The fourth-order valence-corrected chi connectivity index (χ4v) is 5.25. The van der Waals surface area contributed by atoms with Crippen LogP contribution in [0.2, 0.25) is 0 Å². The van der Waals surface area contributed by atoms with Gasteiger partial charge in [-0.3, -0.25) is 4.90 Å². The zero-order chi connectivity index (χ0) is 28.1. The van der Waals surface area contributed by atoms with Crippen molar-refractivity contribution in [3.05, 3.63) is 59.9 Å². The van der Waals surface area contributed by atoms with Crippen LogP contribution >= 0.6 is 0 Å². The molecule has 2 aromatic carbocycles. The van der Waals surface area contributed by atoms with E-state index in [0.717, 1.165) is 73.7 Å². The van der Waals surface area contributed by atoms with E-state index in [2.05, 4.69) is 34.0 Å². The van der Waals surface area contributed by atoms with E-state index < -0.39 is 5.60 Å². The van der Waals surface area contributed by atoms with E-state index in [-0.39, 0.29) is 18.3 Å². The van der Waals surface area contributed by atoms with E-state index in [1.165, 1.54) is 0 Å². The Kier molecular flexibility index (Phi) is 8.93. The first kappa shape index (κ1) is 28.4. The van der Waals surface area contributed by atoms with Crippen LogP contribution in [-0.2, 0) is 9.47 Å². The van der Waals surface area contributed by atoms with Crippen LogP contribution in [-0.4, -0.2) is 102 Å². The summed E-state index contributed by atoms with van der Waals surface area (Å²) in [5, 5.41) is 0. The Morgan fingerprint density at radius 1 is 1.02 bits per heavy atom. The SMILES string of the molecule is CN1CCC(OC(c2cccc(OCCN3CCN(C(=O)OC(C)(C)C)CC3)c2)c2nc3ccccc3[nH]2)CC1. The van der Waals surface area contributed by atoms with Crippen LogP contribution in [0.3, 0.4) is 0 Å². The third-order valence-electron chi connectivity index (χ3n) is 7.51. The topological polar surface area (TPSA) is 83.2 Å². The monoisotopic (exact) mass is 549 g/mol. The average Bonchev–Trinajstić information content (AvgIpc) is 3.36. The molecule has 0 spiro atoms. The summed E-state index contributed by atoms with van der Waals surface area (Å²) in [5.74, 6) is 1.64. The number of nitrogens with one attached hydrogen (secondary N) is 1. The van der Waals surface area contributed by atoms with E-state index in [1.54, 1.807) is 4.90 Å². The Balaban J connectivity index is 1.20. The number of amides is 1. The van der Waals surface area contributed by atoms with Crippen LogP contribution in [0.1, 0.15) is 51.1 Å². The lowest BCUT2D eigenvalue weighted by Crippen LogP contribution is -2.50. The maximum atomic E-state index is 12.3. The minimum absolute atomic E-state index is 0.179. The van der Waals surface area contributed by atoms with Crippen molar-refractivity contribution in [1.82, 2.24) is 24.7 Å². The largest absolute Gasteiger partial charge is 0.492 e. The predicted octanol–water partition coefficient (Wildman–Crippen LogP) is 4.69. The van der Waals surface area contributed by atoms with E-state index in [1.807, 2.05) is 57.2 Å². The molecule has 216 valence electrons. The van der Waals surface area contributed by atoms with Crippen LogP contribution in [0.4, 0.5) is 4.79 Å². The van der Waals surface area contributed by atoms with Crippen molar-refractivity contribution < 1.29 is 19.0 Å². The second-order valence-corrected chi connectivity index (χ2v) is 11.9. The van der Waals surface area contributed by atoms with Crippen molar-refractivity contribution in [1.29, 1.82) is 0 Å². The number of likely N-dealkylation sites (tertiary alicyclic amines) is 1. The van der Waals surface area contributed by atoms with Crippen LogP contribution in [0, 0.1) is 0 Å². The van der Waals surface area contributed by atoms with Crippen LogP contribution < -0.4 is 4.74 Å². The maximum absolute atomic E-state index is 12.3. The van der Waals surface area contributed by atoms with Gasteiger partial charge in [-0.2, -0.15) is 0 Å². The van der Waals surface area contributed by atoms with Gasteiger partial charge in [0.25, 0.3) is 0 Å². The molecule has 9 heteroatoms. The molecule has 1 N–H and O–H groups in total. The number of piperazine rings is 1. The molecular weight excluding hydrogens is 506 g/mol. The molecule has 40 heavy (non-hydrogen) atoms. The standard InChI is InChI=1S/C31H43N5O4/c1-31(2,3)40-30(37)36-18-16-35(17-19-36)20-21-38-25-9-7-8-23(22-25)28(39-24-12-14-34(4)15-13-24)29-32-26-10-5-6-11-27(26)33-29/h5-11,22,24,28H,12-21H2,1-4H3,(H,32,33). The molecule has 1 atom stereocenters. The number of H-pyrrole nitrogens is 1. The summed E-state index contributed by atoms with van der Waals surface area (Å²) in [4.78, 5) is 27.2. The number of imidazole rings is 1. The Labute approximate surface area is 237 Å². The van der Waals surface area contributed by atoms with Crippen molar-refractivity contribution in [3.63, 3.8) is 0 Å². The minimum atomic E-state index is -0.474. The fourth-order valence-electron chi connectivity index (χ4n) is 5.25. The zero-order valence-electron chi connectivity index (χ0n) is 24.3. The smallest absolute Gasteiger partial charge is 0.410 e. The lowest BCUT2D eigenvalue weighted by molar-refractivity contribution is -0.0265. The Morgan fingerprint density at radius 2 is 1.77 bits per heavy atom. The third kappa shape index (κ3) is 7.53. The molecule has 0 saturated carbocycles. The summed E-state index contributed by atoms with van der Waals surface area (Å²) in [7, 11) is 2.16. The minimum Gasteiger partial charge on any atom is -0.492 e. The number of benzene rings is 2. The summed E-state index contributed by atoms with van der Waals surface area (Å²) in [6, 6.07) is 16.3. The zero-order valence-corrected chi connectivity index (χ0v) is 24.3. The van der Waals surface area contributed by atoms with Gasteiger partial charge in [0.2, 0.25) is 0 Å².